The summed E-state index contributed by atoms with van der Waals surface area (Å²) < 4.78 is 0. The van der Waals surface area contributed by atoms with Gasteiger partial charge < -0.3 is 9.79 Å². The van der Waals surface area contributed by atoms with Gasteiger partial charge in [-0.1, -0.05) is 103 Å². The van der Waals surface area contributed by atoms with Crippen molar-refractivity contribution in [2.24, 2.45) is 0 Å². The summed E-state index contributed by atoms with van der Waals surface area (Å²) >= 11 is 5.51. The van der Waals surface area contributed by atoms with Crippen LogP contribution in [0, 0.1) is 0 Å². The van der Waals surface area contributed by atoms with Gasteiger partial charge in [0.2, 0.25) is 0 Å². The van der Waals surface area contributed by atoms with Gasteiger partial charge in [-0.3, -0.25) is 0 Å². The van der Waals surface area contributed by atoms with E-state index in [0.29, 0.717) is 0 Å². The van der Waals surface area contributed by atoms with E-state index >= 15 is 0 Å². The van der Waals surface area contributed by atoms with Gasteiger partial charge in [0, 0.05) is 4.90 Å². The molecule has 2 nitrogen and oxygen atoms in total. The molecule has 30 heavy (non-hydrogen) atoms. The number of hydrogen-bond acceptors (Lipinski definition) is 4. The molecule has 0 N–H and O–H groups in total. The molecular formula is C24H41O2PS2Zn. The van der Waals surface area contributed by atoms with Gasteiger partial charge >= 0.3 is 19.5 Å². The molecule has 0 spiro atoms. The fourth-order valence-corrected chi connectivity index (χ4v) is 6.38. The first-order chi connectivity index (χ1) is 14.0. The molecule has 1 aromatic carbocycles. The largest absolute Gasteiger partial charge is 2.00 e. The van der Waals surface area contributed by atoms with E-state index in [2.05, 4.69) is 37.8 Å². The summed E-state index contributed by atoms with van der Waals surface area (Å²) in [7, 11) is 0. The Kier molecular flexibility index (Phi) is 19.7. The molecule has 0 aromatic heterocycles. The predicted octanol–water partition coefficient (Wildman–Crippen LogP) is 7.31. The SMILES string of the molecule is CCCCCCCCCc1ccc(SP([O-])([O-])=S)c(CCCCCCCCC)c1.[Zn+2]. The molecule has 0 saturated carbocycles. The van der Waals surface area contributed by atoms with Crippen molar-refractivity contribution in [1.29, 1.82) is 0 Å². The average Bonchev–Trinajstić information content (AvgIpc) is 2.67. The van der Waals surface area contributed by atoms with Crippen LogP contribution in [0.1, 0.15) is 115 Å². The Hall–Kier alpha value is 0.763. The van der Waals surface area contributed by atoms with Crippen LogP contribution in [-0.2, 0) is 44.1 Å². The zero-order valence-electron chi connectivity index (χ0n) is 19.3. The van der Waals surface area contributed by atoms with Crippen molar-refractivity contribution in [3.05, 3.63) is 29.3 Å². The van der Waals surface area contributed by atoms with E-state index in [1.54, 1.807) is 0 Å². The van der Waals surface area contributed by atoms with Crippen LogP contribution in [0.3, 0.4) is 0 Å². The smallest absolute Gasteiger partial charge is 0.824 e. The molecule has 0 aliphatic carbocycles. The first-order valence-electron chi connectivity index (χ1n) is 11.8. The van der Waals surface area contributed by atoms with Gasteiger partial charge in [0.1, 0.15) is 0 Å². The third-order valence-electron chi connectivity index (χ3n) is 5.45. The van der Waals surface area contributed by atoms with Crippen molar-refractivity contribution in [2.45, 2.75) is 121 Å². The Morgan fingerprint density at radius 1 is 0.733 bits per heavy atom. The fourth-order valence-electron chi connectivity index (χ4n) is 3.75. The van der Waals surface area contributed by atoms with E-state index in [-0.39, 0.29) is 19.5 Å². The van der Waals surface area contributed by atoms with Crippen molar-refractivity contribution >= 4 is 28.9 Å². The molecule has 0 heterocycles. The van der Waals surface area contributed by atoms with E-state index in [9.17, 15) is 9.79 Å². The minimum Gasteiger partial charge on any atom is -0.824 e. The van der Waals surface area contributed by atoms with Crippen LogP contribution in [0.15, 0.2) is 23.1 Å². The Morgan fingerprint density at radius 3 is 1.70 bits per heavy atom. The third kappa shape index (κ3) is 16.4. The van der Waals surface area contributed by atoms with Crippen molar-refractivity contribution in [3.8, 4) is 0 Å². The monoisotopic (exact) mass is 520 g/mol. The van der Waals surface area contributed by atoms with Gasteiger partial charge in [-0.25, -0.2) is 0 Å². The van der Waals surface area contributed by atoms with Crippen molar-refractivity contribution in [2.75, 3.05) is 0 Å². The van der Waals surface area contributed by atoms with Gasteiger partial charge in [0.15, 0.2) is 0 Å². The van der Waals surface area contributed by atoms with Gasteiger partial charge in [-0.2, -0.15) is 5.69 Å². The van der Waals surface area contributed by atoms with Crippen LogP contribution >= 0.6 is 17.1 Å². The normalized spacial score (nSPS) is 11.5. The number of rotatable bonds is 18. The summed E-state index contributed by atoms with van der Waals surface area (Å²) in [5.74, 6) is 0. The number of benzene rings is 1. The standard InChI is InChI=1S/C24H43O2PS2.Zn/c1-3-5-7-9-11-13-15-17-22-19-20-24(29-27(25,26)28)23(21-22)18-16-14-12-10-8-6-4-2;/h19-21H,3-18H2,1-2H3,(H2,25,26,28);/q;+2/p-2. The summed E-state index contributed by atoms with van der Waals surface area (Å²) in [4.78, 5) is 24.1. The van der Waals surface area contributed by atoms with Crippen LogP contribution in [0.25, 0.3) is 0 Å². The van der Waals surface area contributed by atoms with E-state index in [1.807, 2.05) is 6.07 Å². The zero-order valence-corrected chi connectivity index (χ0v) is 24.8. The van der Waals surface area contributed by atoms with Crippen LogP contribution in [0.2, 0.25) is 0 Å². The molecule has 168 valence electrons. The van der Waals surface area contributed by atoms with Crippen LogP contribution < -0.4 is 9.79 Å². The summed E-state index contributed by atoms with van der Waals surface area (Å²) in [5.41, 5.74) is -1.27. The van der Waals surface area contributed by atoms with Gasteiger partial charge in [0.25, 0.3) is 0 Å². The maximum atomic E-state index is 11.6. The van der Waals surface area contributed by atoms with E-state index < -0.39 is 5.69 Å². The summed E-state index contributed by atoms with van der Waals surface area (Å²) in [6.07, 6.45) is 20.1. The van der Waals surface area contributed by atoms with E-state index in [0.717, 1.165) is 35.5 Å². The Labute approximate surface area is 208 Å². The molecule has 0 amide bonds. The summed E-state index contributed by atoms with van der Waals surface area (Å²) in [5, 5.41) is 0. The maximum Gasteiger partial charge on any atom is 2.00 e. The van der Waals surface area contributed by atoms with Crippen molar-refractivity contribution in [1.82, 2.24) is 0 Å². The second kappa shape index (κ2) is 19.3. The molecule has 0 aliphatic rings. The zero-order chi connectivity index (χ0) is 21.4. The first-order valence-corrected chi connectivity index (χ1v) is 15.9. The van der Waals surface area contributed by atoms with E-state index in [4.69, 9.17) is 0 Å². The molecule has 1 rings (SSSR count). The Bertz CT molecular complexity index is 593. The molecule has 0 atom stereocenters. The summed E-state index contributed by atoms with van der Waals surface area (Å²) in [6, 6.07) is 6.31. The summed E-state index contributed by atoms with van der Waals surface area (Å²) in [6.45, 7) is 4.50. The number of aryl methyl sites for hydroxylation is 2. The van der Waals surface area contributed by atoms with Crippen LogP contribution in [-0.4, -0.2) is 0 Å². The first kappa shape index (κ1) is 30.8. The molecule has 0 unspecified atom stereocenters. The van der Waals surface area contributed by atoms with Gasteiger partial charge in [0.05, 0.1) is 0 Å². The van der Waals surface area contributed by atoms with Gasteiger partial charge in [-0.15, -0.1) is 23.2 Å². The predicted molar refractivity (Wildman–Crippen MR) is 130 cm³/mol. The van der Waals surface area contributed by atoms with Crippen LogP contribution in [0.5, 0.6) is 0 Å². The average molecular weight is 522 g/mol. The second-order valence-electron chi connectivity index (χ2n) is 8.22. The van der Waals surface area contributed by atoms with Gasteiger partial charge in [-0.05, 0) is 42.9 Å². The number of unbranched alkanes of at least 4 members (excludes halogenated alkanes) is 12. The van der Waals surface area contributed by atoms with Crippen LogP contribution in [0.4, 0.5) is 0 Å². The van der Waals surface area contributed by atoms with Crippen molar-refractivity contribution < 1.29 is 29.3 Å². The molecule has 0 fully saturated rings. The Morgan fingerprint density at radius 2 is 1.20 bits per heavy atom. The fraction of sp³-hybridized carbons (Fsp3) is 0.750. The molecule has 0 radical (unpaired) electrons. The molecular weight excluding hydrogens is 481 g/mol. The quantitative estimate of drug-likeness (QED) is 0.115. The number of hydrogen-bond donors (Lipinski definition) is 0. The van der Waals surface area contributed by atoms with Crippen molar-refractivity contribution in [3.63, 3.8) is 0 Å². The molecule has 0 bridgehead atoms. The molecule has 0 aliphatic heterocycles. The molecule has 6 heteroatoms. The Balaban J connectivity index is 0.00000841. The topological polar surface area (TPSA) is 46.1 Å². The third-order valence-corrected chi connectivity index (χ3v) is 8.20. The minimum atomic E-state index is -3.78. The van der Waals surface area contributed by atoms with E-state index in [1.165, 1.54) is 94.6 Å². The molecule has 1 aromatic rings. The molecule has 0 saturated heterocycles. The minimum absolute atomic E-state index is 0. The maximum absolute atomic E-state index is 11.6. The second-order valence-corrected chi connectivity index (χ2v) is 13.9.